The summed E-state index contributed by atoms with van der Waals surface area (Å²) in [5, 5.41) is 6.49. The van der Waals surface area contributed by atoms with Crippen LogP contribution in [0.4, 0.5) is 16.2 Å². The van der Waals surface area contributed by atoms with E-state index in [0.29, 0.717) is 5.69 Å². The number of amidine groups is 1. The molecular formula is C22H17N3O3S. The van der Waals surface area contributed by atoms with Crippen LogP contribution >= 0.6 is 12.6 Å². The van der Waals surface area contributed by atoms with Gasteiger partial charge in [0, 0.05) is 10.8 Å². The van der Waals surface area contributed by atoms with Gasteiger partial charge in [0.1, 0.15) is 0 Å². The Kier molecular flexibility index (Phi) is 5.60. The van der Waals surface area contributed by atoms with E-state index in [2.05, 4.69) is 22.9 Å². The number of benzene rings is 4. The summed E-state index contributed by atoms with van der Waals surface area (Å²) in [7, 11) is 0. The minimum absolute atomic E-state index is 0.0554. The fourth-order valence-corrected chi connectivity index (χ4v) is 3.07. The predicted octanol–water partition coefficient (Wildman–Crippen LogP) is 5.60. The maximum Gasteiger partial charge on any atom is 0.334 e. The zero-order valence-electron chi connectivity index (χ0n) is 15.2. The lowest BCUT2D eigenvalue weighted by Gasteiger charge is -2.12. The van der Waals surface area contributed by atoms with Crippen molar-refractivity contribution in [2.45, 2.75) is 0 Å². The first-order valence-electron chi connectivity index (χ1n) is 8.84. The van der Waals surface area contributed by atoms with Crippen LogP contribution in [0.15, 0.2) is 89.9 Å². The SMILES string of the molecule is O=C(S)NOOC(=Nc1cccc2ccccc12)Nc1cccc2ccccc12. The van der Waals surface area contributed by atoms with Crippen LogP contribution in [0.25, 0.3) is 21.5 Å². The van der Waals surface area contributed by atoms with Gasteiger partial charge in [-0.05, 0) is 22.9 Å². The van der Waals surface area contributed by atoms with Crippen LogP contribution in [-0.2, 0) is 9.88 Å². The Morgan fingerprint density at radius 1 is 0.793 bits per heavy atom. The third kappa shape index (κ3) is 4.48. The van der Waals surface area contributed by atoms with Gasteiger partial charge in [0.2, 0.25) is 0 Å². The third-order valence-electron chi connectivity index (χ3n) is 4.27. The summed E-state index contributed by atoms with van der Waals surface area (Å²) in [6, 6.07) is 27.5. The molecule has 29 heavy (non-hydrogen) atoms. The lowest BCUT2D eigenvalue weighted by atomic mass is 10.1. The molecule has 6 nitrogen and oxygen atoms in total. The van der Waals surface area contributed by atoms with E-state index in [9.17, 15) is 4.79 Å². The van der Waals surface area contributed by atoms with Gasteiger partial charge in [0.25, 0.3) is 0 Å². The number of hydrogen-bond acceptors (Lipinski definition) is 4. The molecule has 0 atom stereocenters. The Labute approximate surface area is 172 Å². The molecule has 4 aromatic carbocycles. The molecule has 0 aromatic heterocycles. The van der Waals surface area contributed by atoms with Gasteiger partial charge in [-0.3, -0.25) is 9.68 Å². The number of nitrogens with zero attached hydrogens (tertiary/aromatic N) is 1. The molecule has 0 aliphatic carbocycles. The number of hydrogen-bond donors (Lipinski definition) is 3. The maximum atomic E-state index is 11.0. The highest BCUT2D eigenvalue weighted by molar-refractivity contribution is 7.96. The number of amides is 1. The van der Waals surface area contributed by atoms with E-state index in [-0.39, 0.29) is 6.02 Å². The predicted molar refractivity (Wildman–Crippen MR) is 118 cm³/mol. The molecule has 4 aromatic rings. The highest BCUT2D eigenvalue weighted by atomic mass is 32.1. The van der Waals surface area contributed by atoms with E-state index in [1.807, 2.05) is 90.4 Å². The van der Waals surface area contributed by atoms with Gasteiger partial charge in [-0.15, -0.1) is 0 Å². The first-order chi connectivity index (χ1) is 14.2. The lowest BCUT2D eigenvalue weighted by molar-refractivity contribution is -0.255. The minimum Gasteiger partial charge on any atom is -0.306 e. The summed E-state index contributed by atoms with van der Waals surface area (Å²) in [4.78, 5) is 25.5. The summed E-state index contributed by atoms with van der Waals surface area (Å²) >= 11 is 3.58. The van der Waals surface area contributed by atoms with Crippen LogP contribution < -0.4 is 10.8 Å². The van der Waals surface area contributed by atoms with Crippen LogP contribution in [-0.4, -0.2) is 11.3 Å². The second-order valence-electron chi connectivity index (χ2n) is 6.14. The van der Waals surface area contributed by atoms with Crippen LogP contribution in [0.1, 0.15) is 0 Å². The Morgan fingerprint density at radius 3 is 2.17 bits per heavy atom. The van der Waals surface area contributed by atoms with Gasteiger partial charge in [0.05, 0.1) is 11.4 Å². The number of hydroxylamine groups is 1. The summed E-state index contributed by atoms with van der Waals surface area (Å²) in [6.45, 7) is 0. The maximum absolute atomic E-state index is 11.0. The molecule has 0 aliphatic rings. The molecule has 0 unspecified atom stereocenters. The fourth-order valence-electron chi connectivity index (χ4n) is 3.03. The molecule has 1 amide bonds. The van der Waals surface area contributed by atoms with Crippen molar-refractivity contribution in [1.82, 2.24) is 5.48 Å². The van der Waals surface area contributed by atoms with Gasteiger partial charge >= 0.3 is 11.3 Å². The van der Waals surface area contributed by atoms with E-state index in [4.69, 9.17) is 9.88 Å². The minimum atomic E-state index is -0.695. The molecule has 0 saturated heterocycles. The number of anilines is 1. The molecule has 0 aliphatic heterocycles. The Hall–Kier alpha value is -3.55. The second-order valence-corrected chi connectivity index (χ2v) is 6.55. The standard InChI is InChI=1S/C22H17N3O3S/c26-22(29)25-28-27-21(23-19-13-5-9-15-7-1-3-11-17(15)19)24-20-14-6-10-16-8-2-4-12-18(16)20/h1-14H,(H,23,24)(H2,25,26,29). The van der Waals surface area contributed by atoms with Gasteiger partial charge in [-0.25, -0.2) is 0 Å². The zero-order valence-corrected chi connectivity index (χ0v) is 16.1. The van der Waals surface area contributed by atoms with Gasteiger partial charge in [-0.2, -0.15) is 10.5 Å². The quantitative estimate of drug-likeness (QED) is 0.136. The highest BCUT2D eigenvalue weighted by Crippen LogP contribution is 2.27. The monoisotopic (exact) mass is 403 g/mol. The van der Waals surface area contributed by atoms with Crippen molar-refractivity contribution >= 4 is 56.8 Å². The molecule has 7 heteroatoms. The smallest absolute Gasteiger partial charge is 0.306 e. The van der Waals surface area contributed by atoms with Crippen LogP contribution in [0, 0.1) is 0 Å². The highest BCUT2D eigenvalue weighted by Gasteiger charge is 2.09. The molecule has 0 radical (unpaired) electrons. The summed E-state index contributed by atoms with van der Waals surface area (Å²) < 4.78 is 0. The number of carbonyl (C=O) groups is 1. The number of rotatable bonds is 4. The summed E-state index contributed by atoms with van der Waals surface area (Å²) in [6.07, 6.45) is 0. The molecule has 0 heterocycles. The van der Waals surface area contributed by atoms with Crippen molar-refractivity contribution in [3.05, 3.63) is 84.9 Å². The van der Waals surface area contributed by atoms with Crippen LogP contribution in [0.5, 0.6) is 0 Å². The first-order valence-corrected chi connectivity index (χ1v) is 9.29. The Morgan fingerprint density at radius 2 is 1.41 bits per heavy atom. The van der Waals surface area contributed by atoms with E-state index >= 15 is 0 Å². The van der Waals surface area contributed by atoms with E-state index in [1.54, 1.807) is 0 Å². The van der Waals surface area contributed by atoms with Crippen molar-refractivity contribution < 1.29 is 14.7 Å². The average Bonchev–Trinajstić information content (AvgIpc) is 2.74. The topological polar surface area (TPSA) is 72.0 Å². The third-order valence-corrected chi connectivity index (χ3v) is 4.36. The second kappa shape index (κ2) is 8.64. The number of thiol groups is 1. The molecule has 144 valence electrons. The molecule has 0 bridgehead atoms. The van der Waals surface area contributed by atoms with Crippen LogP contribution in [0.3, 0.4) is 0 Å². The number of fused-ring (bicyclic) bond motifs is 2. The number of nitrogens with one attached hydrogen (secondary N) is 2. The molecule has 4 rings (SSSR count). The van der Waals surface area contributed by atoms with E-state index in [0.717, 1.165) is 27.2 Å². The normalized spacial score (nSPS) is 11.4. The molecule has 0 saturated carbocycles. The number of carbonyl (C=O) groups excluding carboxylic acids is 1. The van der Waals surface area contributed by atoms with E-state index < -0.39 is 5.24 Å². The van der Waals surface area contributed by atoms with Crippen molar-refractivity contribution in [2.75, 3.05) is 5.32 Å². The largest absolute Gasteiger partial charge is 0.334 e. The van der Waals surface area contributed by atoms with E-state index in [1.165, 1.54) is 0 Å². The first kappa shape index (κ1) is 18.8. The molecule has 0 fully saturated rings. The molecular weight excluding hydrogens is 386 g/mol. The van der Waals surface area contributed by atoms with Crippen molar-refractivity contribution in [1.29, 1.82) is 0 Å². The molecule has 2 N–H and O–H groups in total. The van der Waals surface area contributed by atoms with Gasteiger partial charge in [-0.1, -0.05) is 90.4 Å². The lowest BCUT2D eigenvalue weighted by Crippen LogP contribution is -2.24. The summed E-state index contributed by atoms with van der Waals surface area (Å²) in [5.41, 5.74) is 3.47. The van der Waals surface area contributed by atoms with Crippen molar-refractivity contribution in [3.8, 4) is 0 Å². The molecule has 0 spiro atoms. The summed E-state index contributed by atoms with van der Waals surface area (Å²) in [5.74, 6) is 0. The van der Waals surface area contributed by atoms with Crippen molar-refractivity contribution in [2.24, 2.45) is 4.99 Å². The van der Waals surface area contributed by atoms with Gasteiger partial charge in [0.15, 0.2) is 0 Å². The average molecular weight is 403 g/mol. The fraction of sp³-hybridized carbons (Fsp3) is 0. The van der Waals surface area contributed by atoms with Crippen LogP contribution in [0.2, 0.25) is 0 Å². The van der Waals surface area contributed by atoms with Crippen molar-refractivity contribution in [3.63, 3.8) is 0 Å². The van der Waals surface area contributed by atoms with Gasteiger partial charge < -0.3 is 5.32 Å². The Balaban J connectivity index is 1.72. The number of aliphatic imine (C=N–C) groups is 1. The Bertz CT molecular complexity index is 1200. The zero-order chi connectivity index (χ0) is 20.1.